The van der Waals surface area contributed by atoms with Gasteiger partial charge < -0.3 is 9.64 Å². The quantitative estimate of drug-likeness (QED) is 0.617. The summed E-state index contributed by atoms with van der Waals surface area (Å²) in [5.74, 6) is 0.720. The fourth-order valence-electron chi connectivity index (χ4n) is 2.13. The highest BCUT2D eigenvalue weighted by atomic mass is 16.5. The minimum absolute atomic E-state index is 0.720. The van der Waals surface area contributed by atoms with Crippen molar-refractivity contribution < 1.29 is 4.74 Å². The third-order valence-corrected chi connectivity index (χ3v) is 3.33. The van der Waals surface area contributed by atoms with Gasteiger partial charge in [0.25, 0.3) is 0 Å². The van der Waals surface area contributed by atoms with Gasteiger partial charge in [-0.25, -0.2) is 0 Å². The second kappa shape index (κ2) is 8.04. The number of hydrogen-bond donors (Lipinski definition) is 0. The van der Waals surface area contributed by atoms with Gasteiger partial charge in [0.05, 0.1) is 6.61 Å². The number of nitrogens with zero attached hydrogens (tertiary/aromatic N) is 2. The molecule has 1 heterocycles. The number of piperazine rings is 1. The van der Waals surface area contributed by atoms with E-state index in [-0.39, 0.29) is 0 Å². The van der Waals surface area contributed by atoms with Gasteiger partial charge in [-0.15, -0.1) is 0 Å². The molecule has 1 fully saturated rings. The second-order valence-corrected chi connectivity index (χ2v) is 5.11. The van der Waals surface area contributed by atoms with Crippen LogP contribution in [-0.4, -0.2) is 62.8 Å². The van der Waals surface area contributed by atoms with Crippen LogP contribution in [0, 0.1) is 5.92 Å². The lowest BCUT2D eigenvalue weighted by molar-refractivity contribution is 0.0648. The predicted octanol–water partition coefficient (Wildman–Crippen LogP) is 1.69. The van der Waals surface area contributed by atoms with E-state index in [1.165, 1.54) is 39.0 Å². The van der Waals surface area contributed by atoms with Gasteiger partial charge in [0.2, 0.25) is 0 Å². The Labute approximate surface area is 101 Å². The maximum Gasteiger partial charge on any atom is 0.0593 e. The van der Waals surface area contributed by atoms with Crippen molar-refractivity contribution in [3.05, 3.63) is 0 Å². The molecule has 1 atom stereocenters. The molecule has 0 saturated carbocycles. The zero-order chi connectivity index (χ0) is 11.8. The molecule has 96 valence electrons. The molecule has 1 rings (SSSR count). The number of ether oxygens (including phenoxy) is 1. The van der Waals surface area contributed by atoms with Gasteiger partial charge in [-0.1, -0.05) is 20.3 Å². The van der Waals surface area contributed by atoms with Crippen LogP contribution in [0.1, 0.15) is 26.7 Å². The third-order valence-electron chi connectivity index (χ3n) is 3.33. The number of rotatable bonds is 7. The Balaban J connectivity index is 1.95. The van der Waals surface area contributed by atoms with Crippen LogP contribution in [-0.2, 0) is 4.74 Å². The first kappa shape index (κ1) is 13.9. The summed E-state index contributed by atoms with van der Waals surface area (Å²) in [6, 6.07) is 0. The van der Waals surface area contributed by atoms with Crippen molar-refractivity contribution in [2.24, 2.45) is 5.92 Å². The molecule has 3 heteroatoms. The van der Waals surface area contributed by atoms with Gasteiger partial charge in [0.1, 0.15) is 0 Å². The van der Waals surface area contributed by atoms with Crippen molar-refractivity contribution in [1.82, 2.24) is 9.80 Å². The lowest BCUT2D eigenvalue weighted by Gasteiger charge is -2.32. The molecular formula is C13H28N2O. The minimum atomic E-state index is 0.720. The average Bonchev–Trinajstić information content (AvgIpc) is 2.27. The van der Waals surface area contributed by atoms with E-state index >= 15 is 0 Å². The first-order chi connectivity index (χ1) is 7.72. The number of likely N-dealkylation sites (N-methyl/N-ethyl adjacent to an activating group) is 1. The van der Waals surface area contributed by atoms with Crippen LogP contribution in [0.15, 0.2) is 0 Å². The Morgan fingerprint density at radius 1 is 1.19 bits per heavy atom. The van der Waals surface area contributed by atoms with E-state index in [1.54, 1.807) is 0 Å². The van der Waals surface area contributed by atoms with Crippen LogP contribution in [0.3, 0.4) is 0 Å². The molecule has 0 aromatic heterocycles. The Kier molecular flexibility index (Phi) is 7.01. The van der Waals surface area contributed by atoms with Crippen molar-refractivity contribution >= 4 is 0 Å². The molecule has 0 bridgehead atoms. The first-order valence-electron chi connectivity index (χ1n) is 6.71. The highest BCUT2D eigenvalue weighted by Crippen LogP contribution is 2.05. The molecule has 0 radical (unpaired) electrons. The Morgan fingerprint density at radius 3 is 2.50 bits per heavy atom. The lowest BCUT2D eigenvalue weighted by atomic mass is 10.1. The van der Waals surface area contributed by atoms with Crippen molar-refractivity contribution in [1.29, 1.82) is 0 Å². The van der Waals surface area contributed by atoms with E-state index in [1.807, 2.05) is 0 Å². The molecule has 1 saturated heterocycles. The molecular weight excluding hydrogens is 200 g/mol. The molecule has 0 amide bonds. The molecule has 1 aliphatic rings. The molecule has 3 nitrogen and oxygen atoms in total. The van der Waals surface area contributed by atoms with Gasteiger partial charge >= 0.3 is 0 Å². The fourth-order valence-corrected chi connectivity index (χ4v) is 2.13. The summed E-state index contributed by atoms with van der Waals surface area (Å²) >= 11 is 0. The summed E-state index contributed by atoms with van der Waals surface area (Å²) in [4.78, 5) is 4.89. The third kappa shape index (κ3) is 5.83. The summed E-state index contributed by atoms with van der Waals surface area (Å²) in [6.45, 7) is 12.2. The topological polar surface area (TPSA) is 15.7 Å². The van der Waals surface area contributed by atoms with Crippen LogP contribution < -0.4 is 0 Å². The van der Waals surface area contributed by atoms with Gasteiger partial charge in [0.15, 0.2) is 0 Å². The van der Waals surface area contributed by atoms with Gasteiger partial charge in [-0.05, 0) is 19.4 Å². The molecule has 0 spiro atoms. The van der Waals surface area contributed by atoms with Crippen molar-refractivity contribution in [2.45, 2.75) is 26.7 Å². The zero-order valence-corrected chi connectivity index (χ0v) is 11.2. The Hall–Kier alpha value is -0.120. The smallest absolute Gasteiger partial charge is 0.0593 e. The van der Waals surface area contributed by atoms with E-state index in [9.17, 15) is 0 Å². The SMILES string of the molecule is CCCC(C)COCCN1CCN(C)CC1. The molecule has 1 unspecified atom stereocenters. The largest absolute Gasteiger partial charge is 0.380 e. The van der Waals surface area contributed by atoms with Crippen molar-refractivity contribution in [3.8, 4) is 0 Å². The monoisotopic (exact) mass is 228 g/mol. The summed E-state index contributed by atoms with van der Waals surface area (Å²) in [5.41, 5.74) is 0. The van der Waals surface area contributed by atoms with Crippen LogP contribution >= 0.6 is 0 Å². The van der Waals surface area contributed by atoms with Crippen molar-refractivity contribution in [3.63, 3.8) is 0 Å². The number of hydrogen-bond acceptors (Lipinski definition) is 3. The zero-order valence-electron chi connectivity index (χ0n) is 11.2. The van der Waals surface area contributed by atoms with Crippen LogP contribution in [0.2, 0.25) is 0 Å². The molecule has 0 aromatic carbocycles. The van der Waals surface area contributed by atoms with Gasteiger partial charge in [-0.2, -0.15) is 0 Å². The van der Waals surface area contributed by atoms with E-state index in [4.69, 9.17) is 4.74 Å². The summed E-state index contributed by atoms with van der Waals surface area (Å²) < 4.78 is 5.72. The van der Waals surface area contributed by atoms with Crippen LogP contribution in [0.4, 0.5) is 0 Å². The Morgan fingerprint density at radius 2 is 1.88 bits per heavy atom. The highest BCUT2D eigenvalue weighted by Gasteiger charge is 2.12. The van der Waals surface area contributed by atoms with Gasteiger partial charge in [0, 0.05) is 39.3 Å². The van der Waals surface area contributed by atoms with E-state index < -0.39 is 0 Å². The van der Waals surface area contributed by atoms with Crippen LogP contribution in [0.25, 0.3) is 0 Å². The standard InChI is InChI=1S/C13H28N2O/c1-4-5-13(2)12-16-11-10-15-8-6-14(3)7-9-15/h13H,4-12H2,1-3H3. The van der Waals surface area contributed by atoms with E-state index in [2.05, 4.69) is 30.7 Å². The van der Waals surface area contributed by atoms with Gasteiger partial charge in [-0.3, -0.25) is 4.90 Å². The highest BCUT2D eigenvalue weighted by molar-refractivity contribution is 4.68. The second-order valence-electron chi connectivity index (χ2n) is 5.11. The van der Waals surface area contributed by atoms with E-state index in [0.29, 0.717) is 0 Å². The molecule has 16 heavy (non-hydrogen) atoms. The summed E-state index contributed by atoms with van der Waals surface area (Å²) in [5, 5.41) is 0. The maximum absolute atomic E-state index is 5.72. The summed E-state index contributed by atoms with van der Waals surface area (Å²) in [7, 11) is 2.19. The Bertz CT molecular complexity index is 167. The normalized spacial score (nSPS) is 21.2. The summed E-state index contributed by atoms with van der Waals surface area (Å²) in [6.07, 6.45) is 2.55. The first-order valence-corrected chi connectivity index (χ1v) is 6.71. The van der Waals surface area contributed by atoms with E-state index in [0.717, 1.165) is 25.7 Å². The molecule has 0 N–H and O–H groups in total. The van der Waals surface area contributed by atoms with Crippen LogP contribution in [0.5, 0.6) is 0 Å². The molecule has 0 aromatic rings. The molecule has 0 aliphatic carbocycles. The molecule has 1 aliphatic heterocycles. The lowest BCUT2D eigenvalue weighted by Crippen LogP contribution is -2.45. The van der Waals surface area contributed by atoms with Crippen molar-refractivity contribution in [2.75, 3.05) is 53.0 Å². The predicted molar refractivity (Wildman–Crippen MR) is 68.8 cm³/mol. The fraction of sp³-hybridized carbons (Fsp3) is 1.00. The average molecular weight is 228 g/mol. The minimum Gasteiger partial charge on any atom is -0.380 e. The maximum atomic E-state index is 5.72.